The molecule has 32 heavy (non-hydrogen) atoms. The lowest BCUT2D eigenvalue weighted by molar-refractivity contribution is -0.0474. The zero-order valence-corrected chi connectivity index (χ0v) is 19.9. The Hall–Kier alpha value is -2.50. The van der Waals surface area contributed by atoms with Gasteiger partial charge in [0.1, 0.15) is 24.3 Å². The van der Waals surface area contributed by atoms with E-state index in [4.69, 9.17) is 19.9 Å². The molecule has 3 unspecified atom stereocenters. The number of ether oxygens (including phenoxy) is 3. The number of rotatable bonds is 11. The Bertz CT molecular complexity index is 863. The predicted molar refractivity (Wildman–Crippen MR) is 131 cm³/mol. The summed E-state index contributed by atoms with van der Waals surface area (Å²) in [6.45, 7) is 12.3. The van der Waals surface area contributed by atoms with E-state index in [0.717, 1.165) is 36.6 Å². The molecule has 5 heteroatoms. The van der Waals surface area contributed by atoms with E-state index in [9.17, 15) is 0 Å². The molecule has 174 valence electrons. The molecule has 0 amide bonds. The Labute approximate surface area is 193 Å². The number of methoxy groups -OCH3 is 1. The minimum absolute atomic E-state index is 0.0765. The lowest BCUT2D eigenvalue weighted by atomic mass is 9.79. The summed E-state index contributed by atoms with van der Waals surface area (Å²) in [5.74, 6) is 2.03. The van der Waals surface area contributed by atoms with E-state index in [0.29, 0.717) is 13.2 Å². The van der Waals surface area contributed by atoms with Gasteiger partial charge in [-0.3, -0.25) is 0 Å². The second-order valence-electron chi connectivity index (χ2n) is 8.73. The van der Waals surface area contributed by atoms with Crippen LogP contribution in [0, 0.1) is 11.3 Å². The summed E-state index contributed by atoms with van der Waals surface area (Å²) >= 11 is 0. The molecule has 0 aliphatic carbocycles. The summed E-state index contributed by atoms with van der Waals surface area (Å²) in [5.41, 5.74) is 8.79. The monoisotopic (exact) mass is 438 g/mol. The first kappa shape index (κ1) is 24.1. The molecule has 0 saturated carbocycles. The van der Waals surface area contributed by atoms with Crippen molar-refractivity contribution in [2.75, 3.05) is 31.8 Å². The molecular formula is C27H38N2O3. The van der Waals surface area contributed by atoms with Crippen LogP contribution in [0.25, 0.3) is 0 Å². The molecule has 3 atom stereocenters. The van der Waals surface area contributed by atoms with Crippen molar-refractivity contribution in [2.45, 2.75) is 45.9 Å². The van der Waals surface area contributed by atoms with Crippen LogP contribution in [-0.2, 0) is 4.74 Å². The van der Waals surface area contributed by atoms with E-state index < -0.39 is 0 Å². The standard InChI is InChI=1S/C27H38N2O3/c1-6-20(4)17-32-26(28)27(7-2,8-3)19-29-23-11-9-10-12-25(23)31-18-24(29)21-13-15-22(30-5)16-14-21/h6,9-16,20,24,26H,1,7-8,17-19,28H2,2-5H3. The molecule has 1 heterocycles. The summed E-state index contributed by atoms with van der Waals surface area (Å²) < 4.78 is 17.7. The van der Waals surface area contributed by atoms with E-state index >= 15 is 0 Å². The first-order valence-electron chi connectivity index (χ1n) is 11.6. The van der Waals surface area contributed by atoms with Crippen molar-refractivity contribution in [3.8, 4) is 11.5 Å². The highest BCUT2D eigenvalue weighted by molar-refractivity contribution is 5.62. The van der Waals surface area contributed by atoms with Crippen LogP contribution < -0.4 is 20.1 Å². The van der Waals surface area contributed by atoms with Crippen LogP contribution in [0.5, 0.6) is 11.5 Å². The maximum atomic E-state index is 6.71. The number of benzene rings is 2. The van der Waals surface area contributed by atoms with Gasteiger partial charge in [0.25, 0.3) is 0 Å². The van der Waals surface area contributed by atoms with E-state index in [1.165, 1.54) is 5.56 Å². The largest absolute Gasteiger partial charge is 0.497 e. The van der Waals surface area contributed by atoms with Gasteiger partial charge in [0.15, 0.2) is 0 Å². The average Bonchev–Trinajstić information content (AvgIpc) is 2.85. The molecule has 0 spiro atoms. The Morgan fingerprint density at radius 1 is 1.19 bits per heavy atom. The molecule has 0 radical (unpaired) electrons. The fourth-order valence-electron chi connectivity index (χ4n) is 4.35. The molecule has 0 fully saturated rings. The summed E-state index contributed by atoms with van der Waals surface area (Å²) in [6, 6.07) is 16.6. The van der Waals surface area contributed by atoms with Crippen LogP contribution in [0.1, 0.15) is 45.2 Å². The molecule has 1 aliphatic rings. The second kappa shape index (κ2) is 10.9. The van der Waals surface area contributed by atoms with Gasteiger partial charge in [-0.05, 0) is 48.6 Å². The van der Waals surface area contributed by atoms with E-state index in [1.807, 2.05) is 30.3 Å². The SMILES string of the molecule is C=CC(C)COC(N)C(CC)(CC)CN1c2ccccc2OCC1c1ccc(OC)cc1. The third kappa shape index (κ3) is 5.11. The lowest BCUT2D eigenvalue weighted by Gasteiger charge is -2.46. The summed E-state index contributed by atoms with van der Waals surface area (Å²) in [4.78, 5) is 2.45. The highest BCUT2D eigenvalue weighted by atomic mass is 16.5. The van der Waals surface area contributed by atoms with Crippen LogP contribution in [0.4, 0.5) is 5.69 Å². The summed E-state index contributed by atoms with van der Waals surface area (Å²) in [7, 11) is 1.69. The molecule has 3 rings (SSSR count). The summed E-state index contributed by atoms with van der Waals surface area (Å²) in [6.07, 6.45) is 3.38. The number of hydrogen-bond donors (Lipinski definition) is 1. The number of anilines is 1. The van der Waals surface area contributed by atoms with Gasteiger partial charge in [0.05, 0.1) is 25.4 Å². The molecule has 0 bridgehead atoms. The van der Waals surface area contributed by atoms with Crippen LogP contribution in [0.2, 0.25) is 0 Å². The second-order valence-corrected chi connectivity index (χ2v) is 8.73. The van der Waals surface area contributed by atoms with Gasteiger partial charge in [-0.25, -0.2) is 0 Å². The van der Waals surface area contributed by atoms with Crippen LogP contribution in [-0.4, -0.2) is 33.1 Å². The Morgan fingerprint density at radius 2 is 1.88 bits per heavy atom. The molecule has 0 aromatic heterocycles. The zero-order valence-electron chi connectivity index (χ0n) is 19.9. The maximum absolute atomic E-state index is 6.71. The minimum atomic E-state index is -0.369. The van der Waals surface area contributed by atoms with Gasteiger partial charge in [0.2, 0.25) is 0 Å². The smallest absolute Gasteiger partial charge is 0.142 e. The van der Waals surface area contributed by atoms with Gasteiger partial charge in [-0.15, -0.1) is 6.58 Å². The highest BCUT2D eigenvalue weighted by Crippen LogP contribution is 2.43. The van der Waals surface area contributed by atoms with Crippen molar-refractivity contribution in [3.63, 3.8) is 0 Å². The van der Waals surface area contributed by atoms with Crippen molar-refractivity contribution in [3.05, 3.63) is 66.7 Å². The lowest BCUT2D eigenvalue weighted by Crippen LogP contribution is -2.52. The minimum Gasteiger partial charge on any atom is -0.497 e. The quantitative estimate of drug-likeness (QED) is 0.367. The first-order valence-corrected chi connectivity index (χ1v) is 11.6. The fraction of sp³-hybridized carbons (Fsp3) is 0.481. The molecule has 2 N–H and O–H groups in total. The van der Waals surface area contributed by atoms with E-state index in [-0.39, 0.29) is 23.6 Å². The third-order valence-corrected chi connectivity index (χ3v) is 6.89. The predicted octanol–water partition coefficient (Wildman–Crippen LogP) is 5.57. The number of fused-ring (bicyclic) bond motifs is 1. The molecule has 2 aromatic rings. The van der Waals surface area contributed by atoms with Gasteiger partial charge in [-0.1, -0.05) is 51.1 Å². The van der Waals surface area contributed by atoms with E-state index in [1.54, 1.807) is 7.11 Å². The van der Waals surface area contributed by atoms with Crippen LogP contribution >= 0.6 is 0 Å². The number of para-hydroxylation sites is 2. The molecular weight excluding hydrogens is 400 g/mol. The number of nitrogens with zero attached hydrogens (tertiary/aromatic N) is 1. The van der Waals surface area contributed by atoms with Gasteiger partial charge in [0, 0.05) is 12.0 Å². The zero-order chi connectivity index (χ0) is 23.1. The van der Waals surface area contributed by atoms with Crippen molar-refractivity contribution in [2.24, 2.45) is 17.1 Å². The highest BCUT2D eigenvalue weighted by Gasteiger charge is 2.40. The van der Waals surface area contributed by atoms with Crippen LogP contribution in [0.15, 0.2) is 61.2 Å². The molecule has 1 aliphatic heterocycles. The van der Waals surface area contributed by atoms with E-state index in [2.05, 4.69) is 56.5 Å². The Kier molecular flexibility index (Phi) is 8.21. The number of hydrogen-bond acceptors (Lipinski definition) is 5. The normalized spacial score (nSPS) is 17.8. The van der Waals surface area contributed by atoms with Crippen molar-refractivity contribution in [1.82, 2.24) is 0 Å². The van der Waals surface area contributed by atoms with Gasteiger partial charge in [-0.2, -0.15) is 0 Å². The Morgan fingerprint density at radius 3 is 2.50 bits per heavy atom. The Balaban J connectivity index is 1.95. The third-order valence-electron chi connectivity index (χ3n) is 6.89. The van der Waals surface area contributed by atoms with Gasteiger partial charge >= 0.3 is 0 Å². The maximum Gasteiger partial charge on any atom is 0.142 e. The van der Waals surface area contributed by atoms with Crippen molar-refractivity contribution in [1.29, 1.82) is 0 Å². The molecule has 5 nitrogen and oxygen atoms in total. The fourth-order valence-corrected chi connectivity index (χ4v) is 4.35. The molecule has 0 saturated heterocycles. The summed E-state index contributed by atoms with van der Waals surface area (Å²) in [5, 5.41) is 0. The van der Waals surface area contributed by atoms with Crippen molar-refractivity contribution < 1.29 is 14.2 Å². The van der Waals surface area contributed by atoms with Crippen molar-refractivity contribution >= 4 is 5.69 Å². The topological polar surface area (TPSA) is 57.0 Å². The number of nitrogens with two attached hydrogens (primary N) is 1. The average molecular weight is 439 g/mol. The van der Waals surface area contributed by atoms with Crippen LogP contribution in [0.3, 0.4) is 0 Å². The molecule has 2 aromatic carbocycles. The first-order chi connectivity index (χ1) is 15.5. The van der Waals surface area contributed by atoms with Gasteiger partial charge < -0.3 is 24.8 Å².